The Kier molecular flexibility index (Phi) is 36.9. The van der Waals surface area contributed by atoms with Crippen LogP contribution in [-0.4, -0.2) is 159 Å². The highest BCUT2D eigenvalue weighted by atomic mass is 35.5. The maximum Gasteiger partial charge on any atom is 0.204 e. The van der Waals surface area contributed by atoms with E-state index in [1.807, 2.05) is 200 Å². The quantitative estimate of drug-likeness (QED) is 0.0454. The number of nitrogens with zero attached hydrogens (tertiary/aromatic N) is 13. The predicted octanol–water partition coefficient (Wildman–Crippen LogP) is 10.7. The molecule has 606 valence electrons. The van der Waals surface area contributed by atoms with Gasteiger partial charge in [0.2, 0.25) is 17.9 Å². The molecule has 0 saturated carbocycles. The molecule has 0 fully saturated rings. The summed E-state index contributed by atoms with van der Waals surface area (Å²) in [5, 5.41) is 51.3. The van der Waals surface area contributed by atoms with Gasteiger partial charge in [-0.05, 0) is 203 Å². The molecule has 30 nitrogen and oxygen atoms in total. The summed E-state index contributed by atoms with van der Waals surface area (Å²) in [6.07, 6.45) is 1.37. The third kappa shape index (κ3) is 35.8. The Bertz CT molecular complexity index is 4420. The number of hydrogen-bond donors (Lipinski definition) is 17. The van der Waals surface area contributed by atoms with E-state index >= 15 is 0 Å². The van der Waals surface area contributed by atoms with Gasteiger partial charge in [0.15, 0.2) is 53.6 Å². The molecule has 0 spiro atoms. The van der Waals surface area contributed by atoms with Crippen molar-refractivity contribution in [2.75, 3.05) is 37.8 Å². The van der Waals surface area contributed by atoms with E-state index in [1.54, 1.807) is 0 Å². The zero-order chi connectivity index (χ0) is 81.9. The van der Waals surface area contributed by atoms with Crippen molar-refractivity contribution in [3.63, 3.8) is 0 Å². The summed E-state index contributed by atoms with van der Waals surface area (Å²) in [4.78, 5) is 54.3. The van der Waals surface area contributed by atoms with Crippen molar-refractivity contribution in [1.82, 2.24) is 74.0 Å². The van der Waals surface area contributed by atoms with Gasteiger partial charge in [0.05, 0.1) is 13.1 Å². The molecule has 6 aromatic carbocycles. The topological polar surface area (TPSA) is 384 Å². The fourth-order valence-corrected chi connectivity index (χ4v) is 11.3. The predicted molar refractivity (Wildman–Crippen MR) is 475 cm³/mol. The smallest absolute Gasteiger partial charge is 0.204 e. The third-order valence-electron chi connectivity index (χ3n) is 15.0. The van der Waals surface area contributed by atoms with E-state index < -0.39 is 0 Å². The van der Waals surface area contributed by atoms with Crippen molar-refractivity contribution >= 4 is 152 Å². The van der Waals surface area contributed by atoms with Gasteiger partial charge >= 0.3 is 0 Å². The van der Waals surface area contributed by atoms with Gasteiger partial charge in [-0.2, -0.15) is 0 Å². The summed E-state index contributed by atoms with van der Waals surface area (Å²) in [5.41, 5.74) is 17.5. The first-order valence-corrected chi connectivity index (χ1v) is 39.2. The first-order valence-electron chi connectivity index (χ1n) is 36.9. The Morgan fingerprint density at radius 1 is 0.363 bits per heavy atom. The van der Waals surface area contributed by atoms with E-state index in [4.69, 9.17) is 81.1 Å². The van der Waals surface area contributed by atoms with Gasteiger partial charge in [-0.3, -0.25) is 41.9 Å². The van der Waals surface area contributed by atoms with Crippen LogP contribution in [0.4, 0.5) is 11.4 Å². The van der Waals surface area contributed by atoms with Crippen molar-refractivity contribution in [1.29, 1.82) is 0 Å². The molecule has 19 N–H and O–H groups in total. The molecule has 0 aromatic heterocycles. The first-order chi connectivity index (χ1) is 53.9. The van der Waals surface area contributed by atoms with Crippen LogP contribution in [0.3, 0.4) is 0 Å². The molecule has 0 saturated heterocycles. The largest absolute Gasteiger partial charge is 0.370 e. The minimum Gasteiger partial charge on any atom is -0.370 e. The van der Waals surface area contributed by atoms with Crippen LogP contribution in [0, 0.1) is 0 Å². The van der Waals surface area contributed by atoms with E-state index in [0.29, 0.717) is 90.1 Å². The molecule has 0 aliphatic carbocycles. The van der Waals surface area contributed by atoms with Crippen LogP contribution in [0.2, 0.25) is 30.1 Å². The Hall–Kier alpha value is -10.5. The van der Waals surface area contributed by atoms with Crippen LogP contribution in [0.5, 0.6) is 0 Å². The van der Waals surface area contributed by atoms with Crippen molar-refractivity contribution in [3.8, 4) is 0 Å². The molecule has 12 rings (SSSR count). The molecular formula is C77H106Cl6N30. The molecule has 113 heavy (non-hydrogen) atoms. The van der Waals surface area contributed by atoms with Gasteiger partial charge in [-0.25, -0.2) is 49.9 Å². The van der Waals surface area contributed by atoms with Gasteiger partial charge in [-0.15, -0.1) is 0 Å². The lowest BCUT2D eigenvalue weighted by molar-refractivity contribution is 0.582. The van der Waals surface area contributed by atoms with E-state index in [9.17, 15) is 0 Å². The van der Waals surface area contributed by atoms with Crippen molar-refractivity contribution in [3.05, 3.63) is 198 Å². The number of benzene rings is 6. The Labute approximate surface area is 693 Å². The van der Waals surface area contributed by atoms with E-state index in [0.717, 1.165) is 96.8 Å². The molecule has 6 atom stereocenters. The third-order valence-corrected chi connectivity index (χ3v) is 16.5. The second kappa shape index (κ2) is 46.5. The van der Waals surface area contributed by atoms with Gasteiger partial charge in [-0.1, -0.05) is 130 Å². The maximum absolute atomic E-state index is 5.97. The van der Waals surface area contributed by atoms with E-state index in [2.05, 4.69) is 187 Å². The zero-order valence-electron chi connectivity index (χ0n) is 66.0. The molecule has 6 unspecified atom stereocenters. The highest BCUT2D eigenvalue weighted by molar-refractivity contribution is 6.32. The number of nitrogens with one attached hydrogen (secondary N) is 15. The van der Waals surface area contributed by atoms with Crippen LogP contribution >= 0.6 is 69.6 Å². The lowest BCUT2D eigenvalue weighted by atomic mass is 10.1. The summed E-state index contributed by atoms with van der Waals surface area (Å²) < 4.78 is 0. The fraction of sp³-hybridized carbons (Fsp3) is 0.377. The molecule has 6 aliphatic heterocycles. The summed E-state index contributed by atoms with van der Waals surface area (Å²) in [6.45, 7) is 26.6. The monoisotopic (exact) mass is 1660 g/mol. The number of nitrogens with two attached hydrogens (primary N) is 2. The molecular weight excluding hydrogens is 1560 g/mol. The lowest BCUT2D eigenvalue weighted by Gasteiger charge is -2.25. The average Bonchev–Trinajstić information content (AvgIpc) is 0.862. The highest BCUT2D eigenvalue weighted by Crippen LogP contribution is 2.19. The molecule has 0 amide bonds. The van der Waals surface area contributed by atoms with Crippen LogP contribution in [0.25, 0.3) is 0 Å². The number of guanidine groups is 12. The number of hydrogen-bond acceptors (Lipinski definition) is 22. The van der Waals surface area contributed by atoms with Gasteiger partial charge in [0, 0.05) is 86.8 Å². The molecule has 36 heteroatoms. The number of aliphatic imine (C=N–C) groups is 12. The normalized spacial score (nSPS) is 20.0. The molecule has 0 radical (unpaired) electrons. The SMILES string of the molecule is CC(C)NC1=NC(C)NC(=NCCc2cccc(Cl)c2)N1.CC(C)NC1=NC(C)NC(=NCc2ccc(Cl)cc2)N1.CC1N=C(N)NC(=NCCc2cccc(Cl)c2)N1.CC1N=C(N)NC(=NCc2ccc(Cl)cc2)N1.CC1N=C(Nc2cccc(Cl)c2)NC(N(C)C)=N1.CC1N=C(Nc2cccc(Cl)c2)NC(NC(C)C)=N1. The summed E-state index contributed by atoms with van der Waals surface area (Å²) >= 11 is 35.5. The second-order valence-electron chi connectivity index (χ2n) is 27.0. The number of halogens is 6. The van der Waals surface area contributed by atoms with Crippen LogP contribution in [0.1, 0.15) is 105 Å². The summed E-state index contributed by atoms with van der Waals surface area (Å²) in [6, 6.07) is 46.9. The minimum atomic E-state index is -0.121. The molecule has 6 aliphatic rings. The first kappa shape index (κ1) is 89.7. The average molecular weight is 1660 g/mol. The fourth-order valence-electron chi connectivity index (χ4n) is 10.2. The van der Waals surface area contributed by atoms with E-state index in [1.165, 1.54) is 5.56 Å². The minimum absolute atomic E-state index is 0.00136. The molecule has 6 aromatic rings. The van der Waals surface area contributed by atoms with Gasteiger partial charge < -0.3 is 64.2 Å². The number of rotatable bonds is 15. The van der Waals surface area contributed by atoms with Crippen LogP contribution in [-0.2, 0) is 25.9 Å². The van der Waals surface area contributed by atoms with Crippen molar-refractivity contribution in [2.45, 2.75) is 164 Å². The van der Waals surface area contributed by atoms with Crippen molar-refractivity contribution < 1.29 is 0 Å². The summed E-state index contributed by atoms with van der Waals surface area (Å²) in [5.74, 6) is 7.90. The summed E-state index contributed by atoms with van der Waals surface area (Å²) in [7, 11) is 3.86. The zero-order valence-corrected chi connectivity index (χ0v) is 70.6. The van der Waals surface area contributed by atoms with Crippen LogP contribution in [0.15, 0.2) is 206 Å². The standard InChI is InChI=1S/C15H22ClN5.C14H20ClN5.C13H18ClN5.2C12H16ClN5.C11H14ClN5/c1-10(2)18-15-20-11(3)19-14(21-15)17-8-7-12-5-4-6-13(16)9-12;1-9(2)17-14-19-10(3)18-13(20-14)16-8-11-4-6-12(15)7-5-11;1-8(2)15-12-16-9(3)17-13(19-12)18-11-6-4-5-10(14)7-11;1-8-14-11(17-12(15-8)18(2)3)16-10-6-4-5-9(13)7-10;1-8-16-11(14)18-12(17-8)15-6-5-9-3-2-4-10(13)7-9;1-7-15-10(13)17-11(16-7)14-6-8-2-4-9(12)5-3-8/h4-6,9-11H,7-8H2,1-3H3,(H3,17,18,19,20,21);4-7,9-10H,8H2,1-3H3,(H3,16,17,18,19,20);4-9H,1-3H3,(H3,15,16,17,18,19);4-8H,1-3H3,(H2,14,15,16,17);2-4,7-8H,5-6H2,1H3,(H4,14,15,16,17,18);2-5,7H,6H2,1H3,(H4,13,14,15,16,17). The van der Waals surface area contributed by atoms with Gasteiger partial charge in [0.1, 0.15) is 37.0 Å². The van der Waals surface area contributed by atoms with Crippen LogP contribution < -0.4 is 91.2 Å². The van der Waals surface area contributed by atoms with Gasteiger partial charge in [0.25, 0.3) is 0 Å². The van der Waals surface area contributed by atoms with E-state index in [-0.39, 0.29) is 37.0 Å². The maximum atomic E-state index is 5.97. The molecule has 0 bridgehead atoms. The number of anilines is 2. The Balaban J connectivity index is 0.000000188. The highest BCUT2D eigenvalue weighted by Gasteiger charge is 2.20. The molecule has 6 heterocycles. The lowest BCUT2D eigenvalue weighted by Crippen LogP contribution is -2.55. The van der Waals surface area contributed by atoms with Crippen molar-refractivity contribution in [2.24, 2.45) is 71.4 Å². The Morgan fingerprint density at radius 2 is 0.699 bits per heavy atom. The second-order valence-corrected chi connectivity index (χ2v) is 29.6. The Morgan fingerprint density at radius 3 is 1.08 bits per heavy atom.